The molecule has 1 aromatic heterocycles. The Balaban J connectivity index is 2.57. The van der Waals surface area contributed by atoms with Gasteiger partial charge in [-0.2, -0.15) is 5.26 Å². The molecule has 96 valence electrons. The largest absolute Gasteiger partial charge is 0.480 e. The van der Waals surface area contributed by atoms with Crippen molar-refractivity contribution in [3.05, 3.63) is 22.9 Å². The number of ether oxygens (including phenoxy) is 1. The van der Waals surface area contributed by atoms with Crippen LogP contribution in [0.15, 0.2) is 6.07 Å². The van der Waals surface area contributed by atoms with E-state index in [0.29, 0.717) is 17.9 Å². The summed E-state index contributed by atoms with van der Waals surface area (Å²) in [6.07, 6.45) is 0. The molecule has 0 atom stereocenters. The van der Waals surface area contributed by atoms with E-state index in [1.165, 1.54) is 0 Å². The minimum absolute atomic E-state index is 0.242. The fourth-order valence-electron chi connectivity index (χ4n) is 1.51. The van der Waals surface area contributed by atoms with E-state index in [4.69, 9.17) is 15.1 Å². The topological polar surface area (TPSA) is 95.2 Å². The van der Waals surface area contributed by atoms with Gasteiger partial charge < -0.3 is 15.2 Å². The summed E-state index contributed by atoms with van der Waals surface area (Å²) in [5, 5.41) is 20.4. The number of carboxylic acids is 1. The van der Waals surface area contributed by atoms with E-state index in [1.54, 1.807) is 0 Å². The number of nitrogens with zero attached hydrogens (tertiary/aromatic N) is 2. The molecule has 1 rings (SSSR count). The second-order valence-corrected chi connectivity index (χ2v) is 3.79. The second-order valence-electron chi connectivity index (χ2n) is 3.79. The molecule has 0 amide bonds. The lowest BCUT2D eigenvalue weighted by molar-refractivity contribution is -0.142. The standard InChI is InChI=1S/C12H15N3O3/c1-8-5-9(2)15-12(10(8)6-13)14-3-4-18-7-11(16)17/h5H,3-4,7H2,1-2H3,(H,14,15)(H,16,17). The van der Waals surface area contributed by atoms with Gasteiger partial charge in [0.05, 0.1) is 12.2 Å². The highest BCUT2D eigenvalue weighted by atomic mass is 16.5. The van der Waals surface area contributed by atoms with Gasteiger partial charge in [-0.3, -0.25) is 0 Å². The Morgan fingerprint density at radius 1 is 1.61 bits per heavy atom. The van der Waals surface area contributed by atoms with Gasteiger partial charge in [0.2, 0.25) is 0 Å². The van der Waals surface area contributed by atoms with E-state index in [2.05, 4.69) is 16.4 Å². The van der Waals surface area contributed by atoms with E-state index < -0.39 is 5.97 Å². The van der Waals surface area contributed by atoms with Crippen LogP contribution in [0.4, 0.5) is 5.82 Å². The third kappa shape index (κ3) is 4.03. The van der Waals surface area contributed by atoms with Crippen LogP contribution in [0.2, 0.25) is 0 Å². The van der Waals surface area contributed by atoms with Gasteiger partial charge in [0, 0.05) is 12.2 Å². The first-order valence-electron chi connectivity index (χ1n) is 5.46. The molecule has 1 aromatic rings. The molecule has 0 unspecified atom stereocenters. The second kappa shape index (κ2) is 6.57. The molecular formula is C12H15N3O3. The van der Waals surface area contributed by atoms with Crippen LogP contribution < -0.4 is 5.32 Å². The molecule has 0 aliphatic heterocycles. The van der Waals surface area contributed by atoms with Crippen LogP contribution in [-0.4, -0.2) is 35.8 Å². The average molecular weight is 249 g/mol. The Labute approximate surface area is 105 Å². The SMILES string of the molecule is Cc1cc(C)c(C#N)c(NCCOCC(=O)O)n1. The van der Waals surface area contributed by atoms with Crippen LogP contribution in [0.25, 0.3) is 0 Å². The molecule has 1 heterocycles. The highest BCUT2D eigenvalue weighted by molar-refractivity contribution is 5.68. The van der Waals surface area contributed by atoms with Crippen LogP contribution in [0.3, 0.4) is 0 Å². The molecule has 0 bridgehead atoms. The highest BCUT2D eigenvalue weighted by Gasteiger charge is 2.07. The number of nitrogens with one attached hydrogen (secondary N) is 1. The number of pyridine rings is 1. The maximum atomic E-state index is 10.2. The van der Waals surface area contributed by atoms with Crippen molar-refractivity contribution in [3.8, 4) is 6.07 Å². The fourth-order valence-corrected chi connectivity index (χ4v) is 1.51. The molecule has 2 N–H and O–H groups in total. The Morgan fingerprint density at radius 2 is 2.33 bits per heavy atom. The first-order valence-corrected chi connectivity index (χ1v) is 5.46. The molecular weight excluding hydrogens is 234 g/mol. The summed E-state index contributed by atoms with van der Waals surface area (Å²) in [6, 6.07) is 3.93. The maximum absolute atomic E-state index is 10.2. The van der Waals surface area contributed by atoms with Crippen molar-refractivity contribution in [1.29, 1.82) is 5.26 Å². The molecule has 6 nitrogen and oxygen atoms in total. The van der Waals surface area contributed by atoms with Gasteiger partial charge in [-0.25, -0.2) is 9.78 Å². The van der Waals surface area contributed by atoms with Gasteiger partial charge in [-0.1, -0.05) is 0 Å². The quantitative estimate of drug-likeness (QED) is 0.732. The number of nitriles is 1. The summed E-state index contributed by atoms with van der Waals surface area (Å²) < 4.78 is 4.88. The van der Waals surface area contributed by atoms with Crippen molar-refractivity contribution in [2.45, 2.75) is 13.8 Å². The van der Waals surface area contributed by atoms with E-state index in [1.807, 2.05) is 19.9 Å². The van der Waals surface area contributed by atoms with Gasteiger partial charge in [-0.05, 0) is 25.5 Å². The van der Waals surface area contributed by atoms with Crippen LogP contribution >= 0.6 is 0 Å². The van der Waals surface area contributed by atoms with E-state index in [9.17, 15) is 4.79 Å². The normalized spacial score (nSPS) is 9.83. The number of hydrogen-bond donors (Lipinski definition) is 2. The summed E-state index contributed by atoms with van der Waals surface area (Å²) in [6.45, 7) is 4.01. The average Bonchev–Trinajstić information content (AvgIpc) is 2.27. The van der Waals surface area contributed by atoms with E-state index in [0.717, 1.165) is 11.3 Å². The molecule has 0 aliphatic rings. The zero-order valence-corrected chi connectivity index (χ0v) is 10.4. The zero-order valence-electron chi connectivity index (χ0n) is 10.4. The highest BCUT2D eigenvalue weighted by Crippen LogP contribution is 2.16. The number of anilines is 1. The Morgan fingerprint density at radius 3 is 2.94 bits per heavy atom. The number of aromatic nitrogens is 1. The van der Waals surface area contributed by atoms with Crippen LogP contribution in [-0.2, 0) is 9.53 Å². The minimum atomic E-state index is -1.00. The van der Waals surface area contributed by atoms with E-state index in [-0.39, 0.29) is 13.2 Å². The predicted octanol–water partition coefficient (Wildman–Crippen LogP) is 1.08. The van der Waals surface area contributed by atoms with Crippen molar-refractivity contribution < 1.29 is 14.6 Å². The fraction of sp³-hybridized carbons (Fsp3) is 0.417. The van der Waals surface area contributed by atoms with Gasteiger partial charge in [0.25, 0.3) is 0 Å². The van der Waals surface area contributed by atoms with Crippen molar-refractivity contribution >= 4 is 11.8 Å². The number of hydrogen-bond acceptors (Lipinski definition) is 5. The number of aliphatic carboxylic acids is 1. The summed E-state index contributed by atoms with van der Waals surface area (Å²) >= 11 is 0. The number of rotatable bonds is 6. The third-order valence-electron chi connectivity index (χ3n) is 2.22. The van der Waals surface area contributed by atoms with Crippen molar-refractivity contribution in [2.24, 2.45) is 0 Å². The monoisotopic (exact) mass is 249 g/mol. The Kier molecular flexibility index (Phi) is 5.08. The minimum Gasteiger partial charge on any atom is -0.480 e. The lowest BCUT2D eigenvalue weighted by Crippen LogP contribution is -2.15. The number of carboxylic acid groups (broad SMARTS) is 1. The van der Waals surface area contributed by atoms with Crippen molar-refractivity contribution in [2.75, 3.05) is 25.1 Å². The van der Waals surface area contributed by atoms with Gasteiger partial charge in [0.1, 0.15) is 18.5 Å². The molecule has 0 spiro atoms. The van der Waals surface area contributed by atoms with E-state index >= 15 is 0 Å². The molecule has 6 heteroatoms. The smallest absolute Gasteiger partial charge is 0.329 e. The van der Waals surface area contributed by atoms with Crippen LogP contribution in [0.1, 0.15) is 16.8 Å². The molecule has 0 aromatic carbocycles. The maximum Gasteiger partial charge on any atom is 0.329 e. The summed E-state index contributed by atoms with van der Waals surface area (Å²) in [7, 11) is 0. The zero-order chi connectivity index (χ0) is 13.5. The molecule has 0 aliphatic carbocycles. The lowest BCUT2D eigenvalue weighted by atomic mass is 10.1. The van der Waals surface area contributed by atoms with Gasteiger partial charge in [0.15, 0.2) is 0 Å². The molecule has 0 saturated heterocycles. The lowest BCUT2D eigenvalue weighted by Gasteiger charge is -2.10. The third-order valence-corrected chi connectivity index (χ3v) is 2.22. The summed E-state index contributed by atoms with van der Waals surface area (Å²) in [5.74, 6) is -0.494. The predicted molar refractivity (Wildman–Crippen MR) is 65.4 cm³/mol. The molecule has 0 saturated carbocycles. The van der Waals surface area contributed by atoms with Crippen molar-refractivity contribution in [1.82, 2.24) is 4.98 Å². The van der Waals surface area contributed by atoms with Crippen molar-refractivity contribution in [3.63, 3.8) is 0 Å². The van der Waals surface area contributed by atoms with Crippen LogP contribution in [0, 0.1) is 25.2 Å². The first-order chi connectivity index (χ1) is 8.54. The molecule has 0 radical (unpaired) electrons. The molecule has 0 fully saturated rings. The number of aryl methyl sites for hydroxylation is 2. The molecule has 18 heavy (non-hydrogen) atoms. The Hall–Kier alpha value is -2.13. The van der Waals surface area contributed by atoms with Gasteiger partial charge >= 0.3 is 5.97 Å². The van der Waals surface area contributed by atoms with Gasteiger partial charge in [-0.15, -0.1) is 0 Å². The summed E-state index contributed by atoms with van der Waals surface area (Å²) in [5.41, 5.74) is 2.18. The van der Waals surface area contributed by atoms with Crippen LogP contribution in [0.5, 0.6) is 0 Å². The Bertz CT molecular complexity index is 480. The first kappa shape index (κ1) is 13.9. The number of carbonyl (C=O) groups is 1. The summed E-state index contributed by atoms with van der Waals surface area (Å²) in [4.78, 5) is 14.5.